The topological polar surface area (TPSA) is 20.3 Å². The third-order valence-corrected chi connectivity index (χ3v) is 3.44. The lowest BCUT2D eigenvalue weighted by Gasteiger charge is -2.17. The van der Waals surface area contributed by atoms with E-state index in [1.807, 2.05) is 4.90 Å². The van der Waals surface area contributed by atoms with Gasteiger partial charge in [0.2, 0.25) is 5.91 Å². The van der Waals surface area contributed by atoms with E-state index in [0.29, 0.717) is 0 Å². The zero-order valence-corrected chi connectivity index (χ0v) is 8.56. The smallest absolute Gasteiger partial charge is 0.219 e. The van der Waals surface area contributed by atoms with Crippen molar-refractivity contribution < 1.29 is 4.79 Å². The molecule has 2 heterocycles. The molecule has 0 aliphatic carbocycles. The Morgan fingerprint density at radius 2 is 2.46 bits per heavy atom. The predicted octanol–water partition coefficient (Wildman–Crippen LogP) is 2.04. The summed E-state index contributed by atoms with van der Waals surface area (Å²) in [5.41, 5.74) is 1.44. The highest BCUT2D eigenvalue weighted by Crippen LogP contribution is 2.23. The molecule has 1 aromatic heterocycles. The van der Waals surface area contributed by atoms with E-state index < -0.39 is 0 Å². The molecule has 0 saturated carbocycles. The number of carbonyl (C=O) groups excluding carboxylic acids is 1. The second-order valence-electron chi connectivity index (χ2n) is 3.41. The molecule has 0 bridgehead atoms. The molecular formula is C10H13NOS. The van der Waals surface area contributed by atoms with Gasteiger partial charge in [-0.3, -0.25) is 4.79 Å². The Balaban J connectivity index is 2.21. The number of aryl methyl sites for hydroxylation is 1. The van der Waals surface area contributed by atoms with Crippen molar-refractivity contribution in [3.8, 4) is 0 Å². The summed E-state index contributed by atoms with van der Waals surface area (Å²) < 4.78 is 0. The Kier molecular flexibility index (Phi) is 2.36. The molecule has 1 aliphatic heterocycles. The summed E-state index contributed by atoms with van der Waals surface area (Å²) in [5, 5.41) is 2.12. The van der Waals surface area contributed by atoms with Crippen molar-refractivity contribution in [2.45, 2.75) is 26.3 Å². The first-order chi connectivity index (χ1) is 6.27. The highest BCUT2D eigenvalue weighted by Gasteiger charge is 2.16. The van der Waals surface area contributed by atoms with Gasteiger partial charge >= 0.3 is 0 Å². The Morgan fingerprint density at radius 3 is 3.23 bits per heavy atom. The first-order valence-electron chi connectivity index (χ1n) is 4.58. The standard InChI is InChI=1S/C10H13NOS/c1-8(12)11-5-2-3-9-4-6-13-10(9)7-11/h4,6H,2-3,5,7H2,1H3. The van der Waals surface area contributed by atoms with Crippen molar-refractivity contribution in [2.24, 2.45) is 0 Å². The maximum Gasteiger partial charge on any atom is 0.219 e. The van der Waals surface area contributed by atoms with Crippen LogP contribution in [-0.2, 0) is 17.8 Å². The van der Waals surface area contributed by atoms with Gasteiger partial charge in [0.05, 0.1) is 6.54 Å². The number of thiophene rings is 1. The average Bonchev–Trinajstić information content (AvgIpc) is 2.42. The molecule has 0 radical (unpaired) electrons. The maximum atomic E-state index is 11.2. The molecule has 2 nitrogen and oxygen atoms in total. The fourth-order valence-corrected chi connectivity index (χ4v) is 2.66. The molecule has 0 atom stereocenters. The van der Waals surface area contributed by atoms with Crippen LogP contribution in [0.1, 0.15) is 23.8 Å². The van der Waals surface area contributed by atoms with Crippen LogP contribution in [-0.4, -0.2) is 17.4 Å². The van der Waals surface area contributed by atoms with E-state index in [1.54, 1.807) is 18.3 Å². The lowest BCUT2D eigenvalue weighted by atomic mass is 10.2. The van der Waals surface area contributed by atoms with Crippen molar-refractivity contribution in [1.82, 2.24) is 4.90 Å². The molecule has 13 heavy (non-hydrogen) atoms. The Bertz CT molecular complexity index is 318. The first-order valence-corrected chi connectivity index (χ1v) is 5.46. The van der Waals surface area contributed by atoms with Crippen LogP contribution < -0.4 is 0 Å². The number of carbonyl (C=O) groups is 1. The Labute approximate surface area is 82.2 Å². The quantitative estimate of drug-likeness (QED) is 0.620. The van der Waals surface area contributed by atoms with Crippen LogP contribution in [0.2, 0.25) is 0 Å². The minimum absolute atomic E-state index is 0.196. The van der Waals surface area contributed by atoms with Gasteiger partial charge in [0, 0.05) is 18.3 Å². The molecule has 0 saturated heterocycles. The van der Waals surface area contributed by atoms with Gasteiger partial charge < -0.3 is 4.90 Å². The van der Waals surface area contributed by atoms with Crippen LogP contribution in [0.15, 0.2) is 11.4 Å². The molecule has 0 N–H and O–H groups in total. The molecule has 0 fully saturated rings. The van der Waals surface area contributed by atoms with Crippen molar-refractivity contribution in [2.75, 3.05) is 6.54 Å². The molecule has 1 aliphatic rings. The largest absolute Gasteiger partial charge is 0.338 e. The molecule has 1 aromatic rings. The van der Waals surface area contributed by atoms with Crippen LogP contribution in [0.3, 0.4) is 0 Å². The number of hydrogen-bond donors (Lipinski definition) is 0. The van der Waals surface area contributed by atoms with Gasteiger partial charge in [0.15, 0.2) is 0 Å². The SMILES string of the molecule is CC(=O)N1CCCc2ccsc2C1. The zero-order valence-electron chi connectivity index (χ0n) is 7.75. The summed E-state index contributed by atoms with van der Waals surface area (Å²) in [6, 6.07) is 2.18. The fraction of sp³-hybridized carbons (Fsp3) is 0.500. The second kappa shape index (κ2) is 3.50. The molecule has 3 heteroatoms. The highest BCUT2D eigenvalue weighted by atomic mass is 32.1. The van der Waals surface area contributed by atoms with Gasteiger partial charge in [-0.05, 0) is 29.9 Å². The number of nitrogens with zero attached hydrogens (tertiary/aromatic N) is 1. The predicted molar refractivity (Wildman–Crippen MR) is 53.7 cm³/mol. The average molecular weight is 195 g/mol. The molecule has 1 amide bonds. The van der Waals surface area contributed by atoms with Crippen molar-refractivity contribution in [3.05, 3.63) is 21.9 Å². The zero-order chi connectivity index (χ0) is 9.26. The third kappa shape index (κ3) is 1.75. The lowest BCUT2D eigenvalue weighted by Crippen LogP contribution is -2.27. The van der Waals surface area contributed by atoms with Gasteiger partial charge in [-0.15, -0.1) is 11.3 Å². The molecule has 0 unspecified atom stereocenters. The summed E-state index contributed by atoms with van der Waals surface area (Å²) in [7, 11) is 0. The second-order valence-corrected chi connectivity index (χ2v) is 4.41. The van der Waals surface area contributed by atoms with Crippen LogP contribution in [0.25, 0.3) is 0 Å². The minimum Gasteiger partial charge on any atom is -0.338 e. The van der Waals surface area contributed by atoms with E-state index in [2.05, 4.69) is 11.4 Å². The Hall–Kier alpha value is -0.830. The summed E-state index contributed by atoms with van der Waals surface area (Å²) >= 11 is 1.77. The Morgan fingerprint density at radius 1 is 1.62 bits per heavy atom. The number of rotatable bonds is 0. The van der Waals surface area contributed by atoms with E-state index in [0.717, 1.165) is 25.9 Å². The van der Waals surface area contributed by atoms with Gasteiger partial charge in [-0.1, -0.05) is 0 Å². The maximum absolute atomic E-state index is 11.2. The van der Waals surface area contributed by atoms with Crippen molar-refractivity contribution in [1.29, 1.82) is 0 Å². The van der Waals surface area contributed by atoms with E-state index in [-0.39, 0.29) is 5.91 Å². The number of amides is 1. The molecular weight excluding hydrogens is 182 g/mol. The van der Waals surface area contributed by atoms with E-state index in [1.165, 1.54) is 10.4 Å². The normalized spacial score (nSPS) is 16.5. The molecule has 70 valence electrons. The van der Waals surface area contributed by atoms with Crippen LogP contribution in [0.5, 0.6) is 0 Å². The molecule has 2 rings (SSSR count). The van der Waals surface area contributed by atoms with Crippen LogP contribution in [0.4, 0.5) is 0 Å². The van der Waals surface area contributed by atoms with Crippen LogP contribution >= 0.6 is 11.3 Å². The van der Waals surface area contributed by atoms with Gasteiger partial charge in [0.25, 0.3) is 0 Å². The van der Waals surface area contributed by atoms with E-state index in [4.69, 9.17) is 0 Å². The number of hydrogen-bond acceptors (Lipinski definition) is 2. The van der Waals surface area contributed by atoms with Gasteiger partial charge in [-0.2, -0.15) is 0 Å². The number of fused-ring (bicyclic) bond motifs is 1. The lowest BCUT2D eigenvalue weighted by molar-refractivity contribution is -0.129. The minimum atomic E-state index is 0.196. The molecule has 0 aromatic carbocycles. The summed E-state index contributed by atoms with van der Waals surface area (Å²) in [4.78, 5) is 14.5. The third-order valence-electron chi connectivity index (χ3n) is 2.49. The summed E-state index contributed by atoms with van der Waals surface area (Å²) in [6.45, 7) is 3.39. The molecule has 0 spiro atoms. The first kappa shape index (κ1) is 8.75. The summed E-state index contributed by atoms with van der Waals surface area (Å²) in [6.07, 6.45) is 2.23. The summed E-state index contributed by atoms with van der Waals surface area (Å²) in [5.74, 6) is 0.196. The fourth-order valence-electron chi connectivity index (χ4n) is 1.71. The van der Waals surface area contributed by atoms with Crippen LogP contribution in [0, 0.1) is 0 Å². The monoisotopic (exact) mass is 195 g/mol. The van der Waals surface area contributed by atoms with E-state index in [9.17, 15) is 4.79 Å². The highest BCUT2D eigenvalue weighted by molar-refractivity contribution is 7.10. The van der Waals surface area contributed by atoms with Gasteiger partial charge in [-0.25, -0.2) is 0 Å². The van der Waals surface area contributed by atoms with Gasteiger partial charge in [0.1, 0.15) is 0 Å². The van der Waals surface area contributed by atoms with Crippen molar-refractivity contribution in [3.63, 3.8) is 0 Å². The van der Waals surface area contributed by atoms with E-state index >= 15 is 0 Å². The van der Waals surface area contributed by atoms with Crippen molar-refractivity contribution >= 4 is 17.2 Å².